The van der Waals surface area contributed by atoms with Gasteiger partial charge in [-0.05, 0) is 24.3 Å². The molecule has 0 spiro atoms. The average molecular weight is 395 g/mol. The van der Waals surface area contributed by atoms with E-state index >= 15 is 0 Å². The number of aromatic nitrogens is 1. The molecule has 6 heteroatoms. The number of hydrogen-bond donors (Lipinski definition) is 0. The monoisotopic (exact) mass is 392 g/mol. The number of pyridine rings is 1. The van der Waals surface area contributed by atoms with Crippen LogP contribution < -0.4 is 29.7 Å². The van der Waals surface area contributed by atoms with Crippen molar-refractivity contribution >= 4 is 39.9 Å². The number of para-hydroxylation sites is 1. The molecule has 0 N–H and O–H groups in total. The second-order valence-electron chi connectivity index (χ2n) is 4.42. The van der Waals surface area contributed by atoms with Crippen molar-refractivity contribution in [3.63, 3.8) is 0 Å². The summed E-state index contributed by atoms with van der Waals surface area (Å²) in [7, 11) is 4.12. The van der Waals surface area contributed by atoms with Gasteiger partial charge in [0.25, 0.3) is 0 Å². The first kappa shape index (κ1) is 22.7. The van der Waals surface area contributed by atoms with E-state index in [1.165, 1.54) is 16.5 Å². The molecule has 2 aromatic carbocycles. The molecule has 0 aliphatic rings. The molecule has 3 rings (SSSR count). The van der Waals surface area contributed by atoms with Crippen LogP contribution in [0.25, 0.3) is 21.8 Å². The maximum Gasteiger partial charge on any atom is 2.00 e. The van der Waals surface area contributed by atoms with Gasteiger partial charge in [0.1, 0.15) is 0 Å². The number of nitrogens with zero attached hydrogens (tertiary/aromatic N) is 2. The molecular formula is C15H15Cl3N2Zn. The van der Waals surface area contributed by atoms with E-state index in [1.807, 2.05) is 12.1 Å². The summed E-state index contributed by atoms with van der Waals surface area (Å²) in [4.78, 5) is 6.82. The van der Waals surface area contributed by atoms with Crippen LogP contribution in [0.1, 0.15) is 0 Å². The maximum atomic E-state index is 4.69. The van der Waals surface area contributed by atoms with E-state index < -0.39 is 0 Å². The van der Waals surface area contributed by atoms with E-state index in [0.717, 1.165) is 11.0 Å². The van der Waals surface area contributed by atoms with E-state index in [0.29, 0.717) is 0 Å². The van der Waals surface area contributed by atoms with Gasteiger partial charge in [-0.2, -0.15) is 0 Å². The van der Waals surface area contributed by atoms with Gasteiger partial charge in [0.05, 0.1) is 11.0 Å². The van der Waals surface area contributed by atoms with Crippen LogP contribution in [-0.2, 0) is 19.5 Å². The van der Waals surface area contributed by atoms with Crippen LogP contribution in [-0.4, -0.2) is 19.1 Å². The van der Waals surface area contributed by atoms with Crippen molar-refractivity contribution < 1.29 is 44.3 Å². The van der Waals surface area contributed by atoms with Gasteiger partial charge in [-0.15, -0.1) is 12.4 Å². The molecule has 1 heterocycles. The molecule has 0 unspecified atom stereocenters. The molecule has 0 fully saturated rings. The van der Waals surface area contributed by atoms with E-state index in [4.69, 9.17) is 4.98 Å². The van der Waals surface area contributed by atoms with E-state index in [9.17, 15) is 0 Å². The fraction of sp³-hybridized carbons (Fsp3) is 0.133. The molecule has 108 valence electrons. The molecule has 0 saturated heterocycles. The minimum absolute atomic E-state index is 0. The minimum Gasteiger partial charge on any atom is -1.00 e. The van der Waals surface area contributed by atoms with Crippen LogP contribution in [0.4, 0.5) is 5.69 Å². The van der Waals surface area contributed by atoms with Gasteiger partial charge in [0, 0.05) is 30.6 Å². The minimum atomic E-state index is 0. The average Bonchev–Trinajstić information content (AvgIpc) is 2.35. The Kier molecular flexibility index (Phi) is 10.2. The first-order valence-electron chi connectivity index (χ1n) is 5.71. The summed E-state index contributed by atoms with van der Waals surface area (Å²) in [5.74, 6) is 0. The van der Waals surface area contributed by atoms with Crippen molar-refractivity contribution in [3.8, 4) is 0 Å². The number of anilines is 1. The Morgan fingerprint density at radius 1 is 0.857 bits per heavy atom. The van der Waals surface area contributed by atoms with Crippen molar-refractivity contribution in [1.82, 2.24) is 4.98 Å². The van der Waals surface area contributed by atoms with Crippen LogP contribution in [0.2, 0.25) is 0 Å². The third kappa shape index (κ3) is 4.43. The SMILES string of the molecule is CN(C)c1cccc2nc3ccccc3cc12.Cl.[Cl-].[Cl-].[Zn+2]. The van der Waals surface area contributed by atoms with Crippen molar-refractivity contribution in [2.45, 2.75) is 0 Å². The number of hydrogen-bond acceptors (Lipinski definition) is 2. The Morgan fingerprint density at radius 3 is 2.14 bits per heavy atom. The summed E-state index contributed by atoms with van der Waals surface area (Å²) in [5.41, 5.74) is 3.31. The second kappa shape index (κ2) is 9.43. The summed E-state index contributed by atoms with van der Waals surface area (Å²) in [6, 6.07) is 16.7. The predicted molar refractivity (Wildman–Crippen MR) is 80.8 cm³/mol. The quantitative estimate of drug-likeness (QED) is 0.346. The Balaban J connectivity index is 0. The first-order chi connectivity index (χ1) is 8.25. The van der Waals surface area contributed by atoms with Crippen molar-refractivity contribution in [2.75, 3.05) is 19.0 Å². The van der Waals surface area contributed by atoms with Gasteiger partial charge in [0.15, 0.2) is 0 Å². The normalized spacial score (nSPS) is 8.86. The Bertz CT molecular complexity index is 705. The molecule has 0 atom stereocenters. The van der Waals surface area contributed by atoms with Gasteiger partial charge < -0.3 is 29.7 Å². The number of rotatable bonds is 1. The Labute approximate surface area is 156 Å². The molecule has 21 heavy (non-hydrogen) atoms. The molecule has 0 aliphatic carbocycles. The van der Waals surface area contributed by atoms with Crippen LogP contribution in [0.3, 0.4) is 0 Å². The summed E-state index contributed by atoms with van der Waals surface area (Å²) >= 11 is 0. The molecule has 0 aliphatic heterocycles. The predicted octanol–water partition coefficient (Wildman–Crippen LogP) is -2.12. The van der Waals surface area contributed by atoms with Crippen LogP contribution >= 0.6 is 12.4 Å². The van der Waals surface area contributed by atoms with Gasteiger partial charge in [-0.25, -0.2) is 4.98 Å². The van der Waals surface area contributed by atoms with Crippen molar-refractivity contribution in [3.05, 3.63) is 48.5 Å². The molecule has 2 nitrogen and oxygen atoms in total. The fourth-order valence-electron chi connectivity index (χ4n) is 2.17. The zero-order valence-corrected chi connectivity index (χ0v) is 17.2. The zero-order chi connectivity index (χ0) is 11.8. The van der Waals surface area contributed by atoms with E-state index in [-0.39, 0.29) is 56.7 Å². The summed E-state index contributed by atoms with van der Waals surface area (Å²) < 4.78 is 0. The summed E-state index contributed by atoms with van der Waals surface area (Å²) in [5, 5.41) is 2.39. The van der Waals surface area contributed by atoms with E-state index in [1.54, 1.807) is 0 Å². The zero-order valence-electron chi connectivity index (χ0n) is 11.9. The number of fused-ring (bicyclic) bond motifs is 2. The largest absolute Gasteiger partial charge is 2.00 e. The van der Waals surface area contributed by atoms with E-state index in [2.05, 4.69) is 55.4 Å². The molecular weight excluding hydrogens is 380 g/mol. The third-order valence-electron chi connectivity index (χ3n) is 3.02. The standard InChI is InChI=1S/C15H14N2.3ClH.Zn/c1-17(2)15-9-5-8-14-12(15)10-11-6-3-4-7-13(11)16-14;;;;/h3-10H,1-2H3;3*1H;/q;;;;+2/p-2. The maximum absolute atomic E-state index is 4.69. The van der Waals surface area contributed by atoms with Gasteiger partial charge in [-0.3, -0.25) is 0 Å². The first-order valence-corrected chi connectivity index (χ1v) is 5.71. The van der Waals surface area contributed by atoms with Gasteiger partial charge in [-0.1, -0.05) is 24.3 Å². The topological polar surface area (TPSA) is 16.1 Å². The fourth-order valence-corrected chi connectivity index (χ4v) is 2.17. The van der Waals surface area contributed by atoms with Crippen LogP contribution in [0.15, 0.2) is 48.5 Å². The Hall–Kier alpha value is -0.597. The Morgan fingerprint density at radius 2 is 1.48 bits per heavy atom. The molecule has 0 bridgehead atoms. The third-order valence-corrected chi connectivity index (χ3v) is 3.02. The van der Waals surface area contributed by atoms with Crippen LogP contribution in [0, 0.1) is 0 Å². The second-order valence-corrected chi connectivity index (χ2v) is 4.42. The number of halogens is 3. The number of benzene rings is 2. The molecule has 0 radical (unpaired) electrons. The molecule has 0 saturated carbocycles. The molecule has 0 amide bonds. The molecule has 3 aromatic rings. The smallest absolute Gasteiger partial charge is 1.00 e. The van der Waals surface area contributed by atoms with Crippen molar-refractivity contribution in [2.24, 2.45) is 0 Å². The summed E-state index contributed by atoms with van der Waals surface area (Å²) in [6.45, 7) is 0. The van der Waals surface area contributed by atoms with Crippen molar-refractivity contribution in [1.29, 1.82) is 0 Å². The van der Waals surface area contributed by atoms with Gasteiger partial charge in [0.2, 0.25) is 0 Å². The van der Waals surface area contributed by atoms with Crippen LogP contribution in [0.5, 0.6) is 0 Å². The summed E-state index contributed by atoms with van der Waals surface area (Å²) in [6.07, 6.45) is 0. The molecule has 1 aromatic heterocycles. The van der Waals surface area contributed by atoms with Gasteiger partial charge >= 0.3 is 19.5 Å².